The molecule has 1 aliphatic rings. The van der Waals surface area contributed by atoms with Gasteiger partial charge in [0, 0.05) is 24.5 Å². The first-order valence-corrected chi connectivity index (χ1v) is 6.43. The van der Waals surface area contributed by atoms with Gasteiger partial charge in [0.2, 0.25) is 0 Å². The minimum absolute atomic E-state index is 0.568. The summed E-state index contributed by atoms with van der Waals surface area (Å²) < 4.78 is 0. The average Bonchev–Trinajstić information content (AvgIpc) is 2.85. The van der Waals surface area contributed by atoms with Crippen LogP contribution < -0.4 is 10.2 Å². The Morgan fingerprint density at radius 3 is 2.61 bits per heavy atom. The first-order chi connectivity index (χ1) is 8.58. The van der Waals surface area contributed by atoms with Gasteiger partial charge in [0.1, 0.15) is 6.04 Å². The van der Waals surface area contributed by atoms with Gasteiger partial charge in [0.05, 0.1) is 0 Å². The molecule has 1 aromatic carbocycles. The van der Waals surface area contributed by atoms with Gasteiger partial charge in [-0.15, -0.1) is 0 Å². The molecule has 1 unspecified atom stereocenters. The second-order valence-corrected chi connectivity index (χ2v) is 4.90. The molecule has 98 valence electrons. The number of hydrogen-bond donors (Lipinski definition) is 2. The van der Waals surface area contributed by atoms with Gasteiger partial charge in [-0.05, 0) is 50.5 Å². The van der Waals surface area contributed by atoms with Crippen molar-refractivity contribution >= 4 is 17.3 Å². The molecule has 2 rings (SSSR count). The third kappa shape index (κ3) is 2.75. The van der Waals surface area contributed by atoms with E-state index in [-0.39, 0.29) is 0 Å². The van der Waals surface area contributed by atoms with Crippen LogP contribution in [-0.4, -0.2) is 30.2 Å². The summed E-state index contributed by atoms with van der Waals surface area (Å²) in [7, 11) is 0. The molecule has 4 nitrogen and oxygen atoms in total. The summed E-state index contributed by atoms with van der Waals surface area (Å²) in [5, 5.41) is 11.9. The zero-order valence-electron chi connectivity index (χ0n) is 10.9. The summed E-state index contributed by atoms with van der Waals surface area (Å²) in [6.45, 7) is 5.90. The van der Waals surface area contributed by atoms with Crippen LogP contribution in [0, 0.1) is 6.92 Å². The first kappa shape index (κ1) is 12.7. The third-order valence-corrected chi connectivity index (χ3v) is 3.42. The molecular weight excluding hydrogens is 228 g/mol. The lowest BCUT2D eigenvalue weighted by Gasteiger charge is -2.20. The monoisotopic (exact) mass is 248 g/mol. The quantitative estimate of drug-likeness (QED) is 0.859. The van der Waals surface area contributed by atoms with E-state index in [0.29, 0.717) is 0 Å². The van der Waals surface area contributed by atoms with Gasteiger partial charge in [-0.1, -0.05) is 0 Å². The van der Waals surface area contributed by atoms with Crippen LogP contribution in [0.2, 0.25) is 0 Å². The Labute approximate surface area is 108 Å². The Morgan fingerprint density at radius 2 is 2.06 bits per heavy atom. The first-order valence-electron chi connectivity index (χ1n) is 6.43. The van der Waals surface area contributed by atoms with Crippen LogP contribution in [0.4, 0.5) is 11.4 Å². The second kappa shape index (κ2) is 5.29. The Balaban J connectivity index is 2.12. The minimum Gasteiger partial charge on any atom is -0.480 e. The molecule has 0 bridgehead atoms. The molecule has 0 aromatic heterocycles. The number of aliphatic carboxylic acids is 1. The summed E-state index contributed by atoms with van der Waals surface area (Å²) in [5.74, 6) is -0.835. The zero-order chi connectivity index (χ0) is 13.1. The van der Waals surface area contributed by atoms with Crippen molar-refractivity contribution in [1.29, 1.82) is 0 Å². The highest BCUT2D eigenvalue weighted by molar-refractivity contribution is 5.77. The normalized spacial score (nSPS) is 16.7. The van der Waals surface area contributed by atoms with Gasteiger partial charge in [-0.2, -0.15) is 0 Å². The fraction of sp³-hybridized carbons (Fsp3) is 0.500. The number of carboxylic acid groups (broad SMARTS) is 1. The van der Waals surface area contributed by atoms with Crippen molar-refractivity contribution in [3.63, 3.8) is 0 Å². The van der Waals surface area contributed by atoms with Crippen LogP contribution in [0.15, 0.2) is 18.2 Å². The summed E-state index contributed by atoms with van der Waals surface area (Å²) >= 11 is 0. The number of nitrogens with one attached hydrogen (secondary N) is 1. The molecule has 0 saturated carbocycles. The molecule has 2 N–H and O–H groups in total. The van der Waals surface area contributed by atoms with Crippen molar-refractivity contribution in [2.75, 3.05) is 23.3 Å². The fourth-order valence-electron chi connectivity index (χ4n) is 2.28. The van der Waals surface area contributed by atoms with Gasteiger partial charge in [-0.25, -0.2) is 0 Å². The number of rotatable bonds is 4. The topological polar surface area (TPSA) is 52.6 Å². The molecule has 0 radical (unpaired) electrons. The van der Waals surface area contributed by atoms with E-state index in [1.165, 1.54) is 18.5 Å². The number of hydrogen-bond acceptors (Lipinski definition) is 3. The molecule has 4 heteroatoms. The van der Waals surface area contributed by atoms with Crippen molar-refractivity contribution in [3.8, 4) is 0 Å². The summed E-state index contributed by atoms with van der Waals surface area (Å²) in [6, 6.07) is 5.60. The maximum absolute atomic E-state index is 10.8. The van der Waals surface area contributed by atoms with Gasteiger partial charge < -0.3 is 15.3 Å². The molecule has 1 aromatic rings. The van der Waals surface area contributed by atoms with E-state index in [1.807, 2.05) is 13.0 Å². The predicted molar refractivity (Wildman–Crippen MR) is 73.3 cm³/mol. The minimum atomic E-state index is -0.835. The number of nitrogens with zero attached hydrogens (tertiary/aromatic N) is 1. The molecule has 0 amide bonds. The number of carbonyl (C=O) groups is 1. The predicted octanol–water partition coefficient (Wildman–Crippen LogP) is 2.48. The fourth-order valence-corrected chi connectivity index (χ4v) is 2.28. The maximum Gasteiger partial charge on any atom is 0.325 e. The highest BCUT2D eigenvalue weighted by Gasteiger charge is 2.15. The Bertz CT molecular complexity index is 439. The van der Waals surface area contributed by atoms with Crippen LogP contribution in [0.3, 0.4) is 0 Å². The molecule has 1 heterocycles. The van der Waals surface area contributed by atoms with Crippen molar-refractivity contribution in [1.82, 2.24) is 0 Å². The standard InChI is InChI=1S/C14H20N2O2/c1-10-9-12(16-7-3-4-8-16)5-6-13(10)15-11(2)14(17)18/h5-6,9,11,15H,3-4,7-8H2,1-2H3,(H,17,18). The third-order valence-electron chi connectivity index (χ3n) is 3.42. The van der Waals surface area contributed by atoms with E-state index in [2.05, 4.69) is 22.3 Å². The summed E-state index contributed by atoms with van der Waals surface area (Å²) in [4.78, 5) is 13.2. The largest absolute Gasteiger partial charge is 0.480 e. The molecule has 1 saturated heterocycles. The van der Waals surface area contributed by atoms with Crippen molar-refractivity contribution < 1.29 is 9.90 Å². The van der Waals surface area contributed by atoms with Crippen LogP contribution in [0.1, 0.15) is 25.3 Å². The number of benzene rings is 1. The second-order valence-electron chi connectivity index (χ2n) is 4.90. The number of carboxylic acids is 1. The summed E-state index contributed by atoms with van der Waals surface area (Å²) in [6.07, 6.45) is 2.52. The van der Waals surface area contributed by atoms with E-state index in [9.17, 15) is 4.79 Å². The van der Waals surface area contributed by atoms with Gasteiger partial charge >= 0.3 is 5.97 Å². The van der Waals surface area contributed by atoms with E-state index >= 15 is 0 Å². The Hall–Kier alpha value is -1.71. The van der Waals surface area contributed by atoms with Crippen LogP contribution >= 0.6 is 0 Å². The molecular formula is C14H20N2O2. The smallest absolute Gasteiger partial charge is 0.325 e. The van der Waals surface area contributed by atoms with Crippen molar-refractivity contribution in [2.45, 2.75) is 32.7 Å². The average molecular weight is 248 g/mol. The van der Waals surface area contributed by atoms with Crippen LogP contribution in [0.25, 0.3) is 0 Å². The SMILES string of the molecule is Cc1cc(N2CCCC2)ccc1NC(C)C(=O)O. The molecule has 18 heavy (non-hydrogen) atoms. The lowest BCUT2D eigenvalue weighted by Crippen LogP contribution is -2.26. The highest BCUT2D eigenvalue weighted by Crippen LogP contribution is 2.25. The maximum atomic E-state index is 10.8. The van der Waals surface area contributed by atoms with Gasteiger partial charge in [-0.3, -0.25) is 4.79 Å². The Morgan fingerprint density at radius 1 is 1.39 bits per heavy atom. The zero-order valence-corrected chi connectivity index (χ0v) is 10.9. The van der Waals surface area contributed by atoms with E-state index < -0.39 is 12.0 Å². The van der Waals surface area contributed by atoms with E-state index in [0.717, 1.165) is 24.3 Å². The molecule has 0 spiro atoms. The molecule has 1 atom stereocenters. The van der Waals surface area contributed by atoms with E-state index in [1.54, 1.807) is 6.92 Å². The van der Waals surface area contributed by atoms with Gasteiger partial charge in [0.15, 0.2) is 0 Å². The van der Waals surface area contributed by atoms with Gasteiger partial charge in [0.25, 0.3) is 0 Å². The van der Waals surface area contributed by atoms with E-state index in [4.69, 9.17) is 5.11 Å². The summed E-state index contributed by atoms with van der Waals surface area (Å²) in [5.41, 5.74) is 3.22. The van der Waals surface area contributed by atoms with Crippen molar-refractivity contribution in [2.24, 2.45) is 0 Å². The van der Waals surface area contributed by atoms with Crippen LogP contribution in [-0.2, 0) is 4.79 Å². The lowest BCUT2D eigenvalue weighted by atomic mass is 10.1. The number of anilines is 2. The van der Waals surface area contributed by atoms with Crippen LogP contribution in [0.5, 0.6) is 0 Å². The van der Waals surface area contributed by atoms with Crippen molar-refractivity contribution in [3.05, 3.63) is 23.8 Å². The molecule has 1 fully saturated rings. The lowest BCUT2D eigenvalue weighted by molar-refractivity contribution is -0.137. The number of aryl methyl sites for hydroxylation is 1. The Kier molecular flexibility index (Phi) is 3.75. The highest BCUT2D eigenvalue weighted by atomic mass is 16.4. The molecule has 0 aliphatic carbocycles. The molecule has 1 aliphatic heterocycles.